The third-order valence-corrected chi connectivity index (χ3v) is 2.29. The number of hydrogen-bond donors (Lipinski definition) is 1. The third kappa shape index (κ3) is 2.17. The van der Waals surface area contributed by atoms with Crippen LogP contribution in [0.5, 0.6) is 0 Å². The molecule has 0 radical (unpaired) electrons. The summed E-state index contributed by atoms with van der Waals surface area (Å²) in [6.07, 6.45) is 0. The first-order valence-corrected chi connectivity index (χ1v) is 4.66. The largest absolute Gasteiger partial charge is 0.462 e. The Morgan fingerprint density at radius 3 is 2.71 bits per heavy atom. The molecule has 3 nitrogen and oxygen atoms in total. The molecular formula is C10H12ClNO2. The second-order valence-electron chi connectivity index (χ2n) is 2.89. The average Bonchev–Trinajstić information content (AvgIpc) is 2.13. The third-order valence-electron chi connectivity index (χ3n) is 1.90. The fourth-order valence-corrected chi connectivity index (χ4v) is 1.26. The van der Waals surface area contributed by atoms with Gasteiger partial charge in [-0.05, 0) is 31.5 Å². The normalized spacial score (nSPS) is 9.93. The molecule has 0 saturated heterocycles. The van der Waals surface area contributed by atoms with Gasteiger partial charge in [0.1, 0.15) is 0 Å². The van der Waals surface area contributed by atoms with Crippen molar-refractivity contribution in [1.82, 2.24) is 0 Å². The highest BCUT2D eigenvalue weighted by atomic mass is 35.5. The molecule has 0 aliphatic heterocycles. The molecule has 0 aromatic heterocycles. The summed E-state index contributed by atoms with van der Waals surface area (Å²) in [5.41, 5.74) is 7.33. The number of hydrogen-bond acceptors (Lipinski definition) is 3. The lowest BCUT2D eigenvalue weighted by Gasteiger charge is -2.06. The Hall–Kier alpha value is -1.22. The second kappa shape index (κ2) is 4.33. The standard InChI is InChI=1S/C10H12ClNO2/c1-3-14-10(13)7-4-8(11)6(2)9(12)5-7/h4-5H,3,12H2,1-2H3. The van der Waals surface area contributed by atoms with Crippen molar-refractivity contribution >= 4 is 23.3 Å². The molecule has 1 aromatic rings. The topological polar surface area (TPSA) is 52.3 Å². The lowest BCUT2D eigenvalue weighted by Crippen LogP contribution is -2.06. The summed E-state index contributed by atoms with van der Waals surface area (Å²) in [5.74, 6) is -0.402. The van der Waals surface area contributed by atoms with Crippen LogP contribution >= 0.6 is 11.6 Å². The molecule has 0 aliphatic rings. The monoisotopic (exact) mass is 213 g/mol. The SMILES string of the molecule is CCOC(=O)c1cc(N)c(C)c(Cl)c1. The zero-order chi connectivity index (χ0) is 10.7. The van der Waals surface area contributed by atoms with E-state index in [1.54, 1.807) is 26.0 Å². The Morgan fingerprint density at radius 2 is 2.21 bits per heavy atom. The molecule has 1 rings (SSSR count). The number of benzene rings is 1. The predicted molar refractivity (Wildman–Crippen MR) is 56.6 cm³/mol. The Labute approximate surface area is 87.8 Å². The molecule has 4 heteroatoms. The molecule has 0 saturated carbocycles. The Kier molecular flexibility index (Phi) is 3.36. The van der Waals surface area contributed by atoms with Gasteiger partial charge in [0.2, 0.25) is 0 Å². The van der Waals surface area contributed by atoms with Gasteiger partial charge in [-0.25, -0.2) is 4.79 Å². The summed E-state index contributed by atoms with van der Waals surface area (Å²) >= 11 is 5.88. The molecule has 0 amide bonds. The molecule has 76 valence electrons. The molecule has 2 N–H and O–H groups in total. The van der Waals surface area contributed by atoms with Gasteiger partial charge >= 0.3 is 5.97 Å². The minimum absolute atomic E-state index is 0.338. The van der Waals surface area contributed by atoms with Gasteiger partial charge in [0.15, 0.2) is 0 Å². The van der Waals surface area contributed by atoms with Crippen molar-refractivity contribution in [3.8, 4) is 0 Å². The van der Waals surface area contributed by atoms with Crippen LogP contribution in [-0.4, -0.2) is 12.6 Å². The van der Waals surface area contributed by atoms with Crippen molar-refractivity contribution in [3.05, 3.63) is 28.3 Å². The molecule has 0 heterocycles. The van der Waals surface area contributed by atoms with Gasteiger partial charge in [-0.2, -0.15) is 0 Å². The van der Waals surface area contributed by atoms with Crippen molar-refractivity contribution < 1.29 is 9.53 Å². The number of rotatable bonds is 2. The summed E-state index contributed by atoms with van der Waals surface area (Å²) in [7, 11) is 0. The van der Waals surface area contributed by atoms with Gasteiger partial charge in [0.05, 0.1) is 12.2 Å². The van der Waals surface area contributed by atoms with Crippen LogP contribution in [0.3, 0.4) is 0 Å². The zero-order valence-electron chi connectivity index (χ0n) is 8.13. The molecule has 0 aliphatic carbocycles. The van der Waals surface area contributed by atoms with Crippen molar-refractivity contribution in [1.29, 1.82) is 0 Å². The molecule has 1 aromatic carbocycles. The van der Waals surface area contributed by atoms with Crippen LogP contribution in [0.1, 0.15) is 22.8 Å². The summed E-state index contributed by atoms with van der Waals surface area (Å²) < 4.78 is 4.82. The minimum atomic E-state index is -0.402. The first kappa shape index (κ1) is 10.9. The van der Waals surface area contributed by atoms with Crippen LogP contribution in [0, 0.1) is 6.92 Å². The summed E-state index contributed by atoms with van der Waals surface area (Å²) in [6.45, 7) is 3.88. The van der Waals surface area contributed by atoms with E-state index in [9.17, 15) is 4.79 Å². The Bertz CT molecular complexity index is 340. The van der Waals surface area contributed by atoms with Gasteiger partial charge in [-0.3, -0.25) is 0 Å². The van der Waals surface area contributed by atoms with Crippen molar-refractivity contribution in [2.24, 2.45) is 0 Å². The van der Waals surface area contributed by atoms with Gasteiger partial charge in [-0.15, -0.1) is 0 Å². The van der Waals surface area contributed by atoms with E-state index < -0.39 is 5.97 Å². The lowest BCUT2D eigenvalue weighted by molar-refractivity contribution is 0.0526. The number of anilines is 1. The predicted octanol–water partition coefficient (Wildman–Crippen LogP) is 2.41. The van der Waals surface area contributed by atoms with E-state index >= 15 is 0 Å². The number of carbonyl (C=O) groups is 1. The number of nitrogen functional groups attached to an aromatic ring is 1. The van der Waals surface area contributed by atoms with Crippen molar-refractivity contribution in [2.75, 3.05) is 12.3 Å². The molecule has 0 spiro atoms. The van der Waals surface area contributed by atoms with Gasteiger partial charge in [-0.1, -0.05) is 11.6 Å². The highest BCUT2D eigenvalue weighted by Crippen LogP contribution is 2.23. The highest BCUT2D eigenvalue weighted by molar-refractivity contribution is 6.32. The Balaban J connectivity index is 3.06. The quantitative estimate of drug-likeness (QED) is 0.606. The number of carbonyl (C=O) groups excluding carboxylic acids is 1. The minimum Gasteiger partial charge on any atom is -0.462 e. The van der Waals surface area contributed by atoms with Crippen LogP contribution in [0.4, 0.5) is 5.69 Å². The van der Waals surface area contributed by atoms with Crippen LogP contribution in [0.25, 0.3) is 0 Å². The van der Waals surface area contributed by atoms with Crippen LogP contribution in [0.2, 0.25) is 5.02 Å². The molecular weight excluding hydrogens is 202 g/mol. The van der Waals surface area contributed by atoms with Crippen LogP contribution in [0.15, 0.2) is 12.1 Å². The molecule has 0 bridgehead atoms. The average molecular weight is 214 g/mol. The van der Waals surface area contributed by atoms with E-state index in [-0.39, 0.29) is 0 Å². The van der Waals surface area contributed by atoms with E-state index in [2.05, 4.69) is 0 Å². The van der Waals surface area contributed by atoms with E-state index in [0.717, 1.165) is 5.56 Å². The first-order valence-electron chi connectivity index (χ1n) is 4.29. The number of nitrogens with two attached hydrogens (primary N) is 1. The summed E-state index contributed by atoms with van der Waals surface area (Å²) in [4.78, 5) is 11.3. The molecule has 0 fully saturated rings. The van der Waals surface area contributed by atoms with Crippen LogP contribution in [-0.2, 0) is 4.74 Å². The number of halogens is 1. The molecule has 0 unspecified atom stereocenters. The smallest absolute Gasteiger partial charge is 0.338 e. The fraction of sp³-hybridized carbons (Fsp3) is 0.300. The highest BCUT2D eigenvalue weighted by Gasteiger charge is 2.10. The maximum atomic E-state index is 11.3. The molecule has 0 atom stereocenters. The van der Waals surface area contributed by atoms with E-state index in [4.69, 9.17) is 22.1 Å². The van der Waals surface area contributed by atoms with Gasteiger partial charge < -0.3 is 10.5 Å². The first-order chi connectivity index (χ1) is 6.56. The van der Waals surface area contributed by atoms with Crippen molar-refractivity contribution in [2.45, 2.75) is 13.8 Å². The Morgan fingerprint density at radius 1 is 1.57 bits per heavy atom. The van der Waals surface area contributed by atoms with Gasteiger partial charge in [0, 0.05) is 10.7 Å². The van der Waals surface area contributed by atoms with Crippen molar-refractivity contribution in [3.63, 3.8) is 0 Å². The number of ether oxygens (including phenoxy) is 1. The molecule has 14 heavy (non-hydrogen) atoms. The lowest BCUT2D eigenvalue weighted by atomic mass is 10.1. The maximum absolute atomic E-state index is 11.3. The zero-order valence-corrected chi connectivity index (χ0v) is 8.89. The fourth-order valence-electron chi connectivity index (χ4n) is 1.03. The second-order valence-corrected chi connectivity index (χ2v) is 3.30. The number of esters is 1. The summed E-state index contributed by atoms with van der Waals surface area (Å²) in [5, 5.41) is 0.480. The van der Waals surface area contributed by atoms with E-state index in [0.29, 0.717) is 22.9 Å². The van der Waals surface area contributed by atoms with E-state index in [1.165, 1.54) is 0 Å². The van der Waals surface area contributed by atoms with Gasteiger partial charge in [0.25, 0.3) is 0 Å². The summed E-state index contributed by atoms with van der Waals surface area (Å²) in [6, 6.07) is 3.13. The maximum Gasteiger partial charge on any atom is 0.338 e. The van der Waals surface area contributed by atoms with E-state index in [1.807, 2.05) is 0 Å². The van der Waals surface area contributed by atoms with Crippen LogP contribution < -0.4 is 5.73 Å².